The summed E-state index contributed by atoms with van der Waals surface area (Å²) >= 11 is 0. The largest absolute Gasteiger partial charge is 0.381 e. The molecule has 8 nitrogen and oxygen atoms in total. The van der Waals surface area contributed by atoms with E-state index >= 15 is 0 Å². The van der Waals surface area contributed by atoms with Gasteiger partial charge >= 0.3 is 0 Å². The monoisotopic (exact) mass is 492 g/mol. The van der Waals surface area contributed by atoms with E-state index in [9.17, 15) is 4.79 Å². The van der Waals surface area contributed by atoms with Crippen LogP contribution in [0.3, 0.4) is 0 Å². The lowest BCUT2D eigenvalue weighted by Gasteiger charge is -2.42. The van der Waals surface area contributed by atoms with E-state index in [0.717, 1.165) is 68.6 Å². The molecule has 8 heteroatoms. The summed E-state index contributed by atoms with van der Waals surface area (Å²) in [6, 6.07) is 4.73. The van der Waals surface area contributed by atoms with Gasteiger partial charge in [0.1, 0.15) is 0 Å². The van der Waals surface area contributed by atoms with Gasteiger partial charge in [-0.15, -0.1) is 0 Å². The number of fused-ring (bicyclic) bond motifs is 1. The van der Waals surface area contributed by atoms with Crippen LogP contribution < -0.4 is 5.32 Å². The van der Waals surface area contributed by atoms with Crippen molar-refractivity contribution in [2.45, 2.75) is 83.0 Å². The molecule has 1 amide bonds. The van der Waals surface area contributed by atoms with Gasteiger partial charge in [-0.05, 0) is 89.2 Å². The molecule has 0 radical (unpaired) electrons. The van der Waals surface area contributed by atoms with Crippen LogP contribution in [0.15, 0.2) is 24.5 Å². The standard InChI is InChI=1S/C28H40N6O2/c1-18-13-20(9-11-29-18)25-16-33(3)12-10-24(25)27(35)34-17-26-21(14-19(34)2)15-30-28(32-26)31-22-5-7-23(36-4)8-6-22/h9,11,13,15,19,22-25H,5-8,10,12,14,16-17H2,1-4H3,(H,30,31,32)/t19-,22?,23?,24?,25?/m1/s1. The number of pyridine rings is 1. The number of carbonyl (C=O) groups is 1. The minimum Gasteiger partial charge on any atom is -0.381 e. The molecular weight excluding hydrogens is 452 g/mol. The molecule has 3 aliphatic rings. The zero-order valence-electron chi connectivity index (χ0n) is 22.1. The molecule has 5 rings (SSSR count). The second-order valence-electron chi connectivity index (χ2n) is 11.0. The molecule has 2 aliphatic heterocycles. The Hall–Kier alpha value is -2.58. The molecule has 1 saturated heterocycles. The van der Waals surface area contributed by atoms with Gasteiger partial charge in [-0.25, -0.2) is 9.97 Å². The highest BCUT2D eigenvalue weighted by atomic mass is 16.5. The summed E-state index contributed by atoms with van der Waals surface area (Å²) in [6.07, 6.45) is 10.1. The van der Waals surface area contributed by atoms with Crippen molar-refractivity contribution in [1.82, 2.24) is 24.8 Å². The lowest BCUT2D eigenvalue weighted by molar-refractivity contribution is -0.141. The lowest BCUT2D eigenvalue weighted by atomic mass is 9.79. The predicted molar refractivity (Wildman–Crippen MR) is 140 cm³/mol. The Morgan fingerprint density at radius 2 is 1.97 bits per heavy atom. The van der Waals surface area contributed by atoms with E-state index < -0.39 is 0 Å². The summed E-state index contributed by atoms with van der Waals surface area (Å²) in [7, 11) is 3.94. The maximum absolute atomic E-state index is 14.0. The third-order valence-electron chi connectivity index (χ3n) is 8.43. The van der Waals surface area contributed by atoms with Crippen molar-refractivity contribution in [3.63, 3.8) is 0 Å². The summed E-state index contributed by atoms with van der Waals surface area (Å²) in [6.45, 7) is 6.56. The van der Waals surface area contributed by atoms with Crippen LogP contribution in [0.4, 0.5) is 5.95 Å². The van der Waals surface area contributed by atoms with Crippen molar-refractivity contribution >= 4 is 11.9 Å². The van der Waals surface area contributed by atoms with Crippen molar-refractivity contribution in [3.05, 3.63) is 47.0 Å². The van der Waals surface area contributed by atoms with Gasteiger partial charge in [-0.2, -0.15) is 0 Å². The van der Waals surface area contributed by atoms with Crippen molar-refractivity contribution in [2.75, 3.05) is 32.6 Å². The number of aryl methyl sites for hydroxylation is 1. The normalized spacial score (nSPS) is 29.0. The number of likely N-dealkylation sites (N-methyl/N-ethyl adjacent to an activating group) is 1. The second kappa shape index (κ2) is 10.8. The molecule has 0 bridgehead atoms. The molecule has 194 valence electrons. The second-order valence-corrected chi connectivity index (χ2v) is 11.0. The van der Waals surface area contributed by atoms with Crippen molar-refractivity contribution in [2.24, 2.45) is 5.92 Å². The highest BCUT2D eigenvalue weighted by Crippen LogP contribution is 2.35. The first-order valence-corrected chi connectivity index (χ1v) is 13.5. The Kier molecular flexibility index (Phi) is 7.53. The van der Waals surface area contributed by atoms with Crippen LogP contribution >= 0.6 is 0 Å². The van der Waals surface area contributed by atoms with Gasteiger partial charge in [0.25, 0.3) is 0 Å². The third-order valence-corrected chi connectivity index (χ3v) is 8.43. The van der Waals surface area contributed by atoms with E-state index in [1.165, 1.54) is 5.56 Å². The number of hydrogen-bond donors (Lipinski definition) is 1. The van der Waals surface area contributed by atoms with Gasteiger partial charge < -0.3 is 19.9 Å². The first kappa shape index (κ1) is 25.1. The third kappa shape index (κ3) is 5.39. The van der Waals surface area contributed by atoms with Gasteiger partial charge in [0.15, 0.2) is 0 Å². The highest BCUT2D eigenvalue weighted by molar-refractivity contribution is 5.80. The van der Waals surface area contributed by atoms with E-state index in [2.05, 4.69) is 51.2 Å². The van der Waals surface area contributed by atoms with Gasteiger partial charge in [0.2, 0.25) is 11.9 Å². The molecule has 1 saturated carbocycles. The van der Waals surface area contributed by atoms with E-state index in [0.29, 0.717) is 24.6 Å². The van der Waals surface area contributed by atoms with Crippen LogP contribution in [-0.2, 0) is 22.5 Å². The number of nitrogens with one attached hydrogen (secondary N) is 1. The average molecular weight is 493 g/mol. The maximum Gasteiger partial charge on any atom is 0.227 e. The molecule has 2 aromatic rings. The fourth-order valence-corrected chi connectivity index (χ4v) is 6.24. The molecule has 2 unspecified atom stereocenters. The van der Waals surface area contributed by atoms with Crippen LogP contribution in [0.25, 0.3) is 0 Å². The Morgan fingerprint density at radius 1 is 1.17 bits per heavy atom. The molecule has 0 aromatic carbocycles. The van der Waals surface area contributed by atoms with E-state index in [4.69, 9.17) is 9.72 Å². The Bertz CT molecular complexity index is 1070. The van der Waals surface area contributed by atoms with Crippen molar-refractivity contribution in [3.8, 4) is 0 Å². The molecule has 4 heterocycles. The zero-order valence-corrected chi connectivity index (χ0v) is 22.1. The Morgan fingerprint density at radius 3 is 2.72 bits per heavy atom. The highest BCUT2D eigenvalue weighted by Gasteiger charge is 2.39. The quantitative estimate of drug-likeness (QED) is 0.683. The minimum absolute atomic E-state index is 0.0256. The fraction of sp³-hybridized carbons (Fsp3) is 0.643. The van der Waals surface area contributed by atoms with E-state index in [1.807, 2.05) is 19.3 Å². The number of nitrogens with zero attached hydrogens (tertiary/aromatic N) is 5. The van der Waals surface area contributed by atoms with Gasteiger partial charge in [0, 0.05) is 55.7 Å². The molecule has 36 heavy (non-hydrogen) atoms. The number of carbonyl (C=O) groups excluding carboxylic acids is 1. The summed E-state index contributed by atoms with van der Waals surface area (Å²) in [5, 5.41) is 3.54. The fourth-order valence-electron chi connectivity index (χ4n) is 6.24. The maximum atomic E-state index is 14.0. The molecule has 2 fully saturated rings. The number of hydrogen-bond acceptors (Lipinski definition) is 7. The van der Waals surface area contributed by atoms with Gasteiger partial charge in [-0.1, -0.05) is 0 Å². The molecule has 0 spiro atoms. The van der Waals surface area contributed by atoms with Crippen LogP contribution in [0.2, 0.25) is 0 Å². The van der Waals surface area contributed by atoms with E-state index in [1.54, 1.807) is 7.11 Å². The van der Waals surface area contributed by atoms with Crippen LogP contribution in [0.5, 0.6) is 0 Å². The zero-order chi connectivity index (χ0) is 25.2. The molecule has 1 aliphatic carbocycles. The number of ether oxygens (including phenoxy) is 1. The van der Waals surface area contributed by atoms with E-state index in [-0.39, 0.29) is 23.8 Å². The first-order valence-electron chi connectivity index (χ1n) is 13.5. The number of rotatable bonds is 5. The Labute approximate surface area is 214 Å². The van der Waals surface area contributed by atoms with Crippen molar-refractivity contribution < 1.29 is 9.53 Å². The van der Waals surface area contributed by atoms with Crippen LogP contribution in [0.1, 0.15) is 67.5 Å². The lowest BCUT2D eigenvalue weighted by Crippen LogP contribution is -2.50. The van der Waals surface area contributed by atoms with Gasteiger partial charge in [0.05, 0.1) is 18.3 Å². The SMILES string of the molecule is COC1CCC(Nc2ncc3c(n2)CN(C(=O)C2CCN(C)CC2c2ccnc(C)c2)[C@H](C)C3)CC1. The smallest absolute Gasteiger partial charge is 0.227 e. The number of likely N-dealkylation sites (tertiary alicyclic amines) is 1. The van der Waals surface area contributed by atoms with Crippen LogP contribution in [0, 0.1) is 12.8 Å². The molecule has 3 atom stereocenters. The summed E-state index contributed by atoms with van der Waals surface area (Å²) in [5.74, 6) is 1.09. The number of aromatic nitrogens is 3. The Balaban J connectivity index is 1.31. The molecular formula is C28H40N6O2. The minimum atomic E-state index is -0.0256. The number of amides is 1. The topological polar surface area (TPSA) is 83.5 Å². The number of piperidine rings is 1. The molecule has 1 N–H and O–H groups in total. The molecule has 2 aromatic heterocycles. The summed E-state index contributed by atoms with van der Waals surface area (Å²) in [4.78, 5) is 32.3. The predicted octanol–water partition coefficient (Wildman–Crippen LogP) is 3.56. The number of methoxy groups -OCH3 is 1. The first-order chi connectivity index (χ1) is 17.4. The van der Waals surface area contributed by atoms with Gasteiger partial charge in [-0.3, -0.25) is 9.78 Å². The van der Waals surface area contributed by atoms with Crippen molar-refractivity contribution in [1.29, 1.82) is 0 Å². The number of anilines is 1. The summed E-state index contributed by atoms with van der Waals surface area (Å²) in [5.41, 5.74) is 4.35. The average Bonchev–Trinajstić information content (AvgIpc) is 2.88. The van der Waals surface area contributed by atoms with Crippen LogP contribution in [-0.4, -0.2) is 76.1 Å². The summed E-state index contributed by atoms with van der Waals surface area (Å²) < 4.78 is 5.50.